The van der Waals surface area contributed by atoms with Gasteiger partial charge < -0.3 is 5.32 Å². The molecule has 6 heteroatoms. The Morgan fingerprint density at radius 3 is 2.60 bits per heavy atom. The highest BCUT2D eigenvalue weighted by atomic mass is 32.2. The normalized spacial score (nSPS) is 16.9. The molecule has 0 atom stereocenters. The van der Waals surface area contributed by atoms with Crippen molar-refractivity contribution in [1.82, 2.24) is 4.98 Å². The van der Waals surface area contributed by atoms with Gasteiger partial charge >= 0.3 is 0 Å². The third-order valence-electron chi connectivity index (χ3n) is 3.47. The van der Waals surface area contributed by atoms with Gasteiger partial charge in [-0.05, 0) is 31.4 Å². The first-order valence-corrected chi connectivity index (χ1v) is 8.97. The van der Waals surface area contributed by atoms with Gasteiger partial charge in [0.25, 0.3) is 0 Å². The third-order valence-corrected chi connectivity index (χ3v) is 4.94. The minimum atomic E-state index is -3.26. The quantitative estimate of drug-likeness (QED) is 0.847. The Morgan fingerprint density at radius 2 is 2.00 bits per heavy atom. The summed E-state index contributed by atoms with van der Waals surface area (Å²) in [6.07, 6.45) is 8.57. The summed E-state index contributed by atoms with van der Waals surface area (Å²) in [6, 6.07) is 4.11. The molecule has 1 heterocycles. The van der Waals surface area contributed by atoms with Crippen molar-refractivity contribution in [2.24, 2.45) is 0 Å². The predicted octanol–water partition coefficient (Wildman–Crippen LogP) is 2.98. The average Bonchev–Trinajstić information content (AvgIpc) is 2.42. The third kappa shape index (κ3) is 4.67. The van der Waals surface area contributed by atoms with Crippen molar-refractivity contribution in [2.45, 2.75) is 51.5 Å². The van der Waals surface area contributed by atoms with E-state index in [9.17, 15) is 8.42 Å². The van der Waals surface area contributed by atoms with Crippen LogP contribution >= 0.6 is 0 Å². The van der Waals surface area contributed by atoms with Crippen molar-refractivity contribution in [2.75, 3.05) is 15.8 Å². The van der Waals surface area contributed by atoms with Crippen molar-refractivity contribution >= 4 is 21.5 Å². The maximum Gasteiger partial charge on any atom is 0.233 e. The van der Waals surface area contributed by atoms with Crippen LogP contribution in [0, 0.1) is 0 Å². The van der Waals surface area contributed by atoms with Crippen molar-refractivity contribution in [1.29, 1.82) is 0 Å². The van der Waals surface area contributed by atoms with Crippen LogP contribution in [-0.2, 0) is 10.0 Å². The largest absolute Gasteiger partial charge is 0.381 e. The number of sulfonamides is 1. The van der Waals surface area contributed by atoms with Crippen LogP contribution in [0.15, 0.2) is 18.3 Å². The molecule has 112 valence electrons. The molecule has 0 aromatic carbocycles. The lowest BCUT2D eigenvalue weighted by atomic mass is 9.95. The number of rotatable bonds is 6. The molecule has 1 saturated carbocycles. The van der Waals surface area contributed by atoms with Gasteiger partial charge in [-0.1, -0.05) is 26.2 Å². The molecule has 1 aromatic rings. The van der Waals surface area contributed by atoms with Crippen LogP contribution in [-0.4, -0.2) is 25.2 Å². The number of hydrogen-bond acceptors (Lipinski definition) is 4. The van der Waals surface area contributed by atoms with Crippen LogP contribution in [0.25, 0.3) is 0 Å². The number of nitrogens with zero attached hydrogens (tertiary/aromatic N) is 1. The fourth-order valence-electron chi connectivity index (χ4n) is 2.50. The Balaban J connectivity index is 1.92. The SMILES string of the molecule is CCCS(=O)(=O)Nc1ccc(NC2CCCCC2)cn1. The van der Waals surface area contributed by atoms with Crippen LogP contribution in [0.1, 0.15) is 45.4 Å². The summed E-state index contributed by atoms with van der Waals surface area (Å²) in [5.74, 6) is 0.504. The number of nitrogens with one attached hydrogen (secondary N) is 2. The number of aromatic nitrogens is 1. The Labute approximate surface area is 121 Å². The minimum Gasteiger partial charge on any atom is -0.381 e. The maximum absolute atomic E-state index is 11.6. The standard InChI is InChI=1S/C14H23N3O2S/c1-2-10-20(18,19)17-14-9-8-13(11-15-14)16-12-6-4-3-5-7-12/h8-9,11-12,16H,2-7,10H2,1H3,(H,15,17). The first kappa shape index (κ1) is 15.1. The Morgan fingerprint density at radius 1 is 1.25 bits per heavy atom. The molecule has 0 unspecified atom stereocenters. The highest BCUT2D eigenvalue weighted by Gasteiger charge is 2.13. The van der Waals surface area contributed by atoms with Gasteiger partial charge in [0.05, 0.1) is 17.6 Å². The molecule has 1 aromatic heterocycles. The van der Waals surface area contributed by atoms with Crippen LogP contribution in [0.5, 0.6) is 0 Å². The summed E-state index contributed by atoms with van der Waals surface area (Å²) < 4.78 is 25.8. The topological polar surface area (TPSA) is 71.1 Å². The van der Waals surface area contributed by atoms with Crippen LogP contribution in [0.4, 0.5) is 11.5 Å². The highest BCUT2D eigenvalue weighted by Crippen LogP contribution is 2.21. The van der Waals surface area contributed by atoms with Gasteiger partial charge in [-0.3, -0.25) is 4.72 Å². The molecule has 5 nitrogen and oxygen atoms in total. The van der Waals surface area contributed by atoms with E-state index < -0.39 is 10.0 Å². The molecule has 0 saturated heterocycles. The molecule has 0 amide bonds. The van der Waals surface area contributed by atoms with Gasteiger partial charge in [0.15, 0.2) is 0 Å². The molecular weight excluding hydrogens is 274 g/mol. The zero-order chi connectivity index (χ0) is 14.4. The van der Waals surface area contributed by atoms with E-state index in [1.54, 1.807) is 12.3 Å². The summed E-state index contributed by atoms with van der Waals surface area (Å²) in [4.78, 5) is 4.16. The van der Waals surface area contributed by atoms with E-state index in [1.807, 2.05) is 13.0 Å². The molecule has 2 rings (SSSR count). The van der Waals surface area contributed by atoms with Gasteiger partial charge in [0.1, 0.15) is 5.82 Å². The summed E-state index contributed by atoms with van der Waals surface area (Å²) in [5, 5.41) is 3.46. The second kappa shape index (κ2) is 6.92. The summed E-state index contributed by atoms with van der Waals surface area (Å²) in [5.41, 5.74) is 0.954. The number of anilines is 2. The van der Waals surface area contributed by atoms with E-state index >= 15 is 0 Å². The van der Waals surface area contributed by atoms with E-state index in [4.69, 9.17) is 0 Å². The molecule has 0 radical (unpaired) electrons. The molecule has 0 spiro atoms. The van der Waals surface area contributed by atoms with Crippen molar-refractivity contribution < 1.29 is 8.42 Å². The molecular formula is C14H23N3O2S. The second-order valence-corrected chi connectivity index (χ2v) is 7.17. The van der Waals surface area contributed by atoms with E-state index in [0.29, 0.717) is 18.3 Å². The summed E-state index contributed by atoms with van der Waals surface area (Å²) in [6.45, 7) is 1.84. The Kier molecular flexibility index (Phi) is 5.23. The van der Waals surface area contributed by atoms with Crippen molar-refractivity contribution in [3.63, 3.8) is 0 Å². The van der Waals surface area contributed by atoms with Gasteiger partial charge in [-0.2, -0.15) is 0 Å². The van der Waals surface area contributed by atoms with Gasteiger partial charge in [-0.15, -0.1) is 0 Å². The number of hydrogen-bond donors (Lipinski definition) is 2. The summed E-state index contributed by atoms with van der Waals surface area (Å²) in [7, 11) is -3.26. The van der Waals surface area contributed by atoms with Gasteiger partial charge in [0.2, 0.25) is 10.0 Å². The van der Waals surface area contributed by atoms with Gasteiger partial charge in [0, 0.05) is 6.04 Å². The second-order valence-electron chi connectivity index (χ2n) is 5.33. The van der Waals surface area contributed by atoms with E-state index in [2.05, 4.69) is 15.0 Å². The Hall–Kier alpha value is -1.30. The lowest BCUT2D eigenvalue weighted by molar-refractivity contribution is 0.462. The zero-order valence-corrected chi connectivity index (χ0v) is 12.7. The highest BCUT2D eigenvalue weighted by molar-refractivity contribution is 7.92. The van der Waals surface area contributed by atoms with E-state index in [1.165, 1.54) is 32.1 Å². The first-order chi connectivity index (χ1) is 9.59. The molecule has 1 fully saturated rings. The lowest BCUT2D eigenvalue weighted by Crippen LogP contribution is -2.22. The minimum absolute atomic E-state index is 0.122. The smallest absolute Gasteiger partial charge is 0.233 e. The number of pyridine rings is 1. The zero-order valence-electron chi connectivity index (χ0n) is 11.9. The van der Waals surface area contributed by atoms with Crippen LogP contribution in [0.3, 0.4) is 0 Å². The van der Waals surface area contributed by atoms with E-state index in [0.717, 1.165) is 5.69 Å². The summed E-state index contributed by atoms with van der Waals surface area (Å²) >= 11 is 0. The average molecular weight is 297 g/mol. The fourth-order valence-corrected chi connectivity index (χ4v) is 3.58. The van der Waals surface area contributed by atoms with Crippen LogP contribution in [0.2, 0.25) is 0 Å². The lowest BCUT2D eigenvalue weighted by Gasteiger charge is -2.23. The molecule has 20 heavy (non-hydrogen) atoms. The molecule has 0 bridgehead atoms. The molecule has 0 aliphatic heterocycles. The monoisotopic (exact) mass is 297 g/mol. The predicted molar refractivity (Wildman–Crippen MR) is 82.4 cm³/mol. The fraction of sp³-hybridized carbons (Fsp3) is 0.643. The van der Waals surface area contributed by atoms with Gasteiger partial charge in [-0.25, -0.2) is 13.4 Å². The van der Waals surface area contributed by atoms with Crippen molar-refractivity contribution in [3.05, 3.63) is 18.3 Å². The molecule has 2 N–H and O–H groups in total. The molecule has 1 aliphatic carbocycles. The maximum atomic E-state index is 11.6. The molecule has 1 aliphatic rings. The van der Waals surface area contributed by atoms with Crippen molar-refractivity contribution in [3.8, 4) is 0 Å². The first-order valence-electron chi connectivity index (χ1n) is 7.32. The van der Waals surface area contributed by atoms with Crippen LogP contribution < -0.4 is 10.0 Å². The van der Waals surface area contributed by atoms with E-state index in [-0.39, 0.29) is 5.75 Å². The Bertz CT molecular complexity index is 508.